The first-order valence-electron chi connectivity index (χ1n) is 6.63. The summed E-state index contributed by atoms with van der Waals surface area (Å²) in [6.45, 7) is 0. The Labute approximate surface area is 137 Å². The first-order chi connectivity index (χ1) is 11.5. The predicted molar refractivity (Wildman–Crippen MR) is 75.3 cm³/mol. The van der Waals surface area contributed by atoms with Crippen molar-refractivity contribution in [3.05, 3.63) is 59.4 Å². The van der Waals surface area contributed by atoms with Crippen molar-refractivity contribution in [1.82, 2.24) is 4.90 Å². The average Bonchev–Trinajstić information content (AvgIpc) is 2.74. The first-order valence-corrected chi connectivity index (χ1v) is 6.63. The van der Waals surface area contributed by atoms with Crippen LogP contribution >= 0.6 is 0 Å². The van der Waals surface area contributed by atoms with Gasteiger partial charge < -0.3 is 4.74 Å². The van der Waals surface area contributed by atoms with Crippen LogP contribution in [0.2, 0.25) is 0 Å². The van der Waals surface area contributed by atoms with Gasteiger partial charge in [0.15, 0.2) is 5.70 Å². The molecule has 0 aliphatic carbocycles. The van der Waals surface area contributed by atoms with Crippen LogP contribution < -0.4 is 0 Å². The number of methoxy groups -OCH3 is 1. The molecule has 0 fully saturated rings. The fourth-order valence-electron chi connectivity index (χ4n) is 1.88. The molecular formula is C15H10F6N2O2. The number of alkyl halides is 6. The Kier molecular flexibility index (Phi) is 4.91. The summed E-state index contributed by atoms with van der Waals surface area (Å²) in [5.74, 6) is -1.03. The molecule has 0 radical (unpaired) electrons. The molecule has 0 atom stereocenters. The van der Waals surface area contributed by atoms with Gasteiger partial charge in [-0.15, -0.1) is 0 Å². The van der Waals surface area contributed by atoms with Gasteiger partial charge in [-0.1, -0.05) is 18.2 Å². The van der Waals surface area contributed by atoms with Gasteiger partial charge in [0.05, 0.1) is 12.7 Å². The van der Waals surface area contributed by atoms with Crippen molar-refractivity contribution >= 4 is 11.9 Å². The summed E-state index contributed by atoms with van der Waals surface area (Å²) < 4.78 is 82.5. The molecule has 1 aliphatic heterocycles. The second-order valence-corrected chi connectivity index (χ2v) is 4.75. The third-order valence-electron chi connectivity index (χ3n) is 3.02. The SMILES string of the molecule is COC1=NC(C(F)(F)F)=CC(C(F)(F)F)=CN1C(=O)c1ccccc1. The number of amides is 1. The fraction of sp³-hybridized carbons (Fsp3) is 0.200. The summed E-state index contributed by atoms with van der Waals surface area (Å²) in [5, 5.41) is 0. The molecule has 0 unspecified atom stereocenters. The summed E-state index contributed by atoms with van der Waals surface area (Å²) in [6.07, 6.45) is -10.3. The molecule has 0 N–H and O–H groups in total. The molecule has 1 amide bonds. The van der Waals surface area contributed by atoms with E-state index in [1.54, 1.807) is 6.07 Å². The minimum absolute atomic E-state index is 0.0551. The zero-order valence-electron chi connectivity index (χ0n) is 12.5. The summed E-state index contributed by atoms with van der Waals surface area (Å²) in [5.41, 5.74) is -3.59. The minimum atomic E-state index is -5.17. The molecule has 0 bridgehead atoms. The van der Waals surface area contributed by atoms with Crippen LogP contribution in [-0.4, -0.2) is 36.3 Å². The van der Waals surface area contributed by atoms with E-state index >= 15 is 0 Å². The lowest BCUT2D eigenvalue weighted by molar-refractivity contribution is -0.0960. The summed E-state index contributed by atoms with van der Waals surface area (Å²) in [7, 11) is 0.893. The standard InChI is InChI=1S/C15H10F6N2O2/c1-25-13-22-11(15(19,20)21)7-10(14(16,17)18)8-23(13)12(24)9-5-3-2-4-6-9/h2-8H,1H3. The molecule has 1 aromatic carbocycles. The van der Waals surface area contributed by atoms with Crippen LogP contribution in [0.25, 0.3) is 0 Å². The quantitative estimate of drug-likeness (QED) is 0.706. The summed E-state index contributed by atoms with van der Waals surface area (Å²) >= 11 is 0. The number of allylic oxidation sites excluding steroid dienone is 3. The number of benzene rings is 1. The topological polar surface area (TPSA) is 41.9 Å². The van der Waals surface area contributed by atoms with Crippen LogP contribution in [-0.2, 0) is 4.74 Å². The second-order valence-electron chi connectivity index (χ2n) is 4.75. The number of amidine groups is 1. The number of nitrogens with zero attached hydrogens (tertiary/aromatic N) is 2. The van der Waals surface area contributed by atoms with Crippen molar-refractivity contribution in [3.8, 4) is 0 Å². The van der Waals surface area contributed by atoms with Gasteiger partial charge >= 0.3 is 18.4 Å². The second kappa shape index (κ2) is 6.61. The van der Waals surface area contributed by atoms with Crippen LogP contribution in [0.5, 0.6) is 0 Å². The van der Waals surface area contributed by atoms with E-state index in [4.69, 9.17) is 0 Å². The summed E-state index contributed by atoms with van der Waals surface area (Å²) in [4.78, 5) is 15.7. The maximum Gasteiger partial charge on any atom is 0.433 e. The lowest BCUT2D eigenvalue weighted by Crippen LogP contribution is -2.34. The van der Waals surface area contributed by atoms with Gasteiger partial charge in [-0.25, -0.2) is 4.90 Å². The molecular weight excluding hydrogens is 354 g/mol. The van der Waals surface area contributed by atoms with Crippen molar-refractivity contribution in [2.24, 2.45) is 4.99 Å². The summed E-state index contributed by atoms with van der Waals surface area (Å²) in [6, 6.07) is 6.10. The maximum absolute atomic E-state index is 13.0. The van der Waals surface area contributed by atoms with Gasteiger partial charge in [0.25, 0.3) is 5.91 Å². The van der Waals surface area contributed by atoms with E-state index < -0.39 is 35.6 Å². The van der Waals surface area contributed by atoms with Crippen LogP contribution in [0.3, 0.4) is 0 Å². The van der Waals surface area contributed by atoms with E-state index in [-0.39, 0.29) is 22.7 Å². The normalized spacial score (nSPS) is 15.8. The fourth-order valence-corrected chi connectivity index (χ4v) is 1.88. The lowest BCUT2D eigenvalue weighted by atomic mass is 10.2. The number of carbonyl (C=O) groups excluding carboxylic acids is 1. The smallest absolute Gasteiger partial charge is 0.433 e. The highest BCUT2D eigenvalue weighted by Gasteiger charge is 2.42. The highest BCUT2D eigenvalue weighted by molar-refractivity contribution is 6.05. The molecule has 0 spiro atoms. The Morgan fingerprint density at radius 3 is 2.12 bits per heavy atom. The molecule has 10 heteroatoms. The molecule has 1 aliphatic rings. The van der Waals surface area contributed by atoms with E-state index in [0.29, 0.717) is 0 Å². The number of ether oxygens (including phenoxy) is 1. The molecule has 0 saturated carbocycles. The molecule has 1 heterocycles. The highest BCUT2D eigenvalue weighted by Crippen LogP contribution is 2.35. The molecule has 0 saturated heterocycles. The van der Waals surface area contributed by atoms with Gasteiger partial charge in [0.1, 0.15) is 0 Å². The number of aliphatic imine (C=N–C) groups is 1. The Bertz CT molecular complexity index is 748. The Morgan fingerprint density at radius 2 is 1.64 bits per heavy atom. The molecule has 134 valence electrons. The van der Waals surface area contributed by atoms with E-state index in [1.165, 1.54) is 24.3 Å². The van der Waals surface area contributed by atoms with Gasteiger partial charge in [-0.3, -0.25) is 4.79 Å². The Morgan fingerprint density at radius 1 is 1.04 bits per heavy atom. The van der Waals surface area contributed by atoms with Gasteiger partial charge in [0.2, 0.25) is 0 Å². The van der Waals surface area contributed by atoms with E-state index in [2.05, 4.69) is 9.73 Å². The third kappa shape index (κ3) is 4.20. The number of hydrogen-bond acceptors (Lipinski definition) is 3. The number of carbonyl (C=O) groups is 1. The van der Waals surface area contributed by atoms with Crippen molar-refractivity contribution in [3.63, 3.8) is 0 Å². The first kappa shape index (κ1) is 18.6. The van der Waals surface area contributed by atoms with Crippen molar-refractivity contribution in [2.45, 2.75) is 12.4 Å². The molecule has 4 nitrogen and oxygen atoms in total. The van der Waals surface area contributed by atoms with Crippen LogP contribution in [0.15, 0.2) is 58.9 Å². The van der Waals surface area contributed by atoms with Crippen molar-refractivity contribution in [1.29, 1.82) is 0 Å². The van der Waals surface area contributed by atoms with Crippen LogP contribution in [0.4, 0.5) is 26.3 Å². The molecule has 2 rings (SSSR count). The third-order valence-corrected chi connectivity index (χ3v) is 3.02. The van der Waals surface area contributed by atoms with Crippen molar-refractivity contribution < 1.29 is 35.9 Å². The molecule has 25 heavy (non-hydrogen) atoms. The lowest BCUT2D eigenvalue weighted by Gasteiger charge is -2.19. The number of hydrogen-bond donors (Lipinski definition) is 0. The van der Waals surface area contributed by atoms with E-state index in [0.717, 1.165) is 7.11 Å². The minimum Gasteiger partial charge on any atom is -0.468 e. The van der Waals surface area contributed by atoms with Crippen LogP contribution in [0.1, 0.15) is 10.4 Å². The maximum atomic E-state index is 13.0. The highest BCUT2D eigenvalue weighted by atomic mass is 19.4. The van der Waals surface area contributed by atoms with Gasteiger partial charge in [-0.2, -0.15) is 31.3 Å². The number of halogens is 6. The average molecular weight is 364 g/mol. The van der Waals surface area contributed by atoms with Gasteiger partial charge in [0, 0.05) is 11.8 Å². The monoisotopic (exact) mass is 364 g/mol. The van der Waals surface area contributed by atoms with E-state index in [1.807, 2.05) is 0 Å². The number of rotatable bonds is 1. The predicted octanol–water partition coefficient (Wildman–Crippen LogP) is 4.04. The van der Waals surface area contributed by atoms with Gasteiger partial charge in [-0.05, 0) is 18.2 Å². The zero-order chi connectivity index (χ0) is 18.8. The molecule has 0 aromatic heterocycles. The Hall–Kier alpha value is -2.78. The van der Waals surface area contributed by atoms with Crippen molar-refractivity contribution in [2.75, 3.05) is 7.11 Å². The largest absolute Gasteiger partial charge is 0.468 e. The molecule has 1 aromatic rings. The Balaban J connectivity index is 2.61. The van der Waals surface area contributed by atoms with E-state index in [9.17, 15) is 31.1 Å². The zero-order valence-corrected chi connectivity index (χ0v) is 12.5. The van der Waals surface area contributed by atoms with Crippen LogP contribution in [0, 0.1) is 0 Å².